The molecule has 1 aliphatic carbocycles. The Labute approximate surface area is 77.6 Å². The van der Waals surface area contributed by atoms with Gasteiger partial charge in [0.2, 0.25) is 0 Å². The van der Waals surface area contributed by atoms with Crippen LogP contribution in [0.2, 0.25) is 0 Å². The lowest BCUT2D eigenvalue weighted by Crippen LogP contribution is -2.08. The summed E-state index contributed by atoms with van der Waals surface area (Å²) in [5, 5.41) is 0. The summed E-state index contributed by atoms with van der Waals surface area (Å²) >= 11 is 5.69. The van der Waals surface area contributed by atoms with Crippen molar-refractivity contribution in [3.05, 3.63) is 17.7 Å². The molecule has 66 valence electrons. The summed E-state index contributed by atoms with van der Waals surface area (Å²) in [7, 11) is 0. The van der Waals surface area contributed by atoms with Gasteiger partial charge in [0.15, 0.2) is 0 Å². The highest BCUT2D eigenvalue weighted by Gasteiger charge is 2.14. The Hall–Kier alpha value is -0.500. The van der Waals surface area contributed by atoms with E-state index in [0.29, 0.717) is 5.88 Å². The fraction of sp³-hybridized carbons (Fsp3) is 0.667. The third-order valence-electron chi connectivity index (χ3n) is 2.44. The quantitative estimate of drug-likeness (QED) is 0.643. The van der Waals surface area contributed by atoms with Gasteiger partial charge in [-0.1, -0.05) is 0 Å². The van der Waals surface area contributed by atoms with Crippen LogP contribution in [0.1, 0.15) is 24.2 Å². The molecule has 0 spiro atoms. The van der Waals surface area contributed by atoms with E-state index in [0.717, 1.165) is 13.0 Å². The number of hydrogen-bond donors (Lipinski definition) is 0. The average molecular weight is 185 g/mol. The Morgan fingerprint density at radius 1 is 1.42 bits per heavy atom. The molecule has 2 nitrogen and oxygen atoms in total. The lowest BCUT2D eigenvalue weighted by atomic mass is 10.0. The summed E-state index contributed by atoms with van der Waals surface area (Å²) in [4.78, 5) is 4.38. The monoisotopic (exact) mass is 184 g/mol. The van der Waals surface area contributed by atoms with Crippen LogP contribution >= 0.6 is 11.6 Å². The van der Waals surface area contributed by atoms with Crippen molar-refractivity contribution in [1.29, 1.82) is 0 Å². The summed E-state index contributed by atoms with van der Waals surface area (Å²) < 4.78 is 2.20. The number of halogens is 1. The first kappa shape index (κ1) is 8.11. The van der Waals surface area contributed by atoms with Crippen LogP contribution in [0, 0.1) is 0 Å². The van der Waals surface area contributed by atoms with Gasteiger partial charge in [-0.2, -0.15) is 0 Å². The highest BCUT2D eigenvalue weighted by molar-refractivity contribution is 6.17. The Morgan fingerprint density at radius 3 is 3.08 bits per heavy atom. The van der Waals surface area contributed by atoms with E-state index in [1.807, 2.05) is 6.33 Å². The largest absolute Gasteiger partial charge is 0.333 e. The number of fused-ring (bicyclic) bond motifs is 1. The van der Waals surface area contributed by atoms with Gasteiger partial charge in [0.1, 0.15) is 0 Å². The van der Waals surface area contributed by atoms with Crippen LogP contribution in [-0.2, 0) is 19.4 Å². The zero-order valence-corrected chi connectivity index (χ0v) is 7.85. The van der Waals surface area contributed by atoms with E-state index in [4.69, 9.17) is 11.6 Å². The first-order valence-corrected chi connectivity index (χ1v) is 5.04. The van der Waals surface area contributed by atoms with Crippen LogP contribution < -0.4 is 0 Å². The lowest BCUT2D eigenvalue weighted by Gasteiger charge is -2.12. The molecule has 0 fully saturated rings. The van der Waals surface area contributed by atoms with Gasteiger partial charge in [-0.15, -0.1) is 11.6 Å². The molecule has 1 aliphatic rings. The van der Waals surface area contributed by atoms with Crippen molar-refractivity contribution in [1.82, 2.24) is 9.55 Å². The van der Waals surface area contributed by atoms with Gasteiger partial charge in [-0.3, -0.25) is 0 Å². The minimum atomic E-state index is 0.683. The van der Waals surface area contributed by atoms with Gasteiger partial charge < -0.3 is 4.57 Å². The fourth-order valence-corrected chi connectivity index (χ4v) is 2.00. The first-order valence-electron chi connectivity index (χ1n) is 4.50. The second-order valence-corrected chi connectivity index (χ2v) is 3.61. The number of nitrogens with zero attached hydrogens (tertiary/aromatic N) is 2. The van der Waals surface area contributed by atoms with Crippen molar-refractivity contribution < 1.29 is 0 Å². The summed E-state index contributed by atoms with van der Waals surface area (Å²) in [6.45, 7) is 0.907. The van der Waals surface area contributed by atoms with E-state index in [2.05, 4.69) is 9.55 Å². The van der Waals surface area contributed by atoms with Crippen LogP contribution in [0.5, 0.6) is 0 Å². The van der Waals surface area contributed by atoms with Crippen LogP contribution in [0.4, 0.5) is 0 Å². The van der Waals surface area contributed by atoms with E-state index in [1.165, 1.54) is 30.7 Å². The summed E-state index contributed by atoms with van der Waals surface area (Å²) in [6, 6.07) is 0. The summed E-state index contributed by atoms with van der Waals surface area (Å²) in [5.74, 6) is 0.683. The molecular weight excluding hydrogens is 172 g/mol. The Bertz CT molecular complexity index is 267. The van der Waals surface area contributed by atoms with Crippen molar-refractivity contribution >= 4 is 11.6 Å². The number of hydrogen-bond acceptors (Lipinski definition) is 1. The molecule has 1 aromatic heterocycles. The number of imidazole rings is 1. The molecule has 0 bridgehead atoms. The van der Waals surface area contributed by atoms with E-state index in [9.17, 15) is 0 Å². The molecule has 1 aromatic rings. The number of aromatic nitrogens is 2. The molecule has 0 atom stereocenters. The third-order valence-corrected chi connectivity index (χ3v) is 2.60. The van der Waals surface area contributed by atoms with Crippen molar-refractivity contribution in [3.8, 4) is 0 Å². The van der Waals surface area contributed by atoms with Crippen molar-refractivity contribution in [2.75, 3.05) is 5.88 Å². The number of aryl methyl sites for hydroxylation is 2. The van der Waals surface area contributed by atoms with Gasteiger partial charge in [0.05, 0.1) is 12.0 Å². The van der Waals surface area contributed by atoms with Crippen molar-refractivity contribution in [2.24, 2.45) is 0 Å². The van der Waals surface area contributed by atoms with Crippen LogP contribution in [0.3, 0.4) is 0 Å². The lowest BCUT2D eigenvalue weighted by molar-refractivity contribution is 0.622. The second-order valence-electron chi connectivity index (χ2n) is 3.23. The fourth-order valence-electron chi connectivity index (χ4n) is 1.81. The molecule has 1 heterocycles. The van der Waals surface area contributed by atoms with Crippen LogP contribution in [0.25, 0.3) is 0 Å². The van der Waals surface area contributed by atoms with Gasteiger partial charge in [0.25, 0.3) is 0 Å². The Kier molecular flexibility index (Phi) is 2.35. The SMILES string of the molecule is ClCCn1cnc2c1CCCC2. The van der Waals surface area contributed by atoms with Crippen molar-refractivity contribution in [2.45, 2.75) is 32.2 Å². The predicted octanol–water partition coefficient (Wildman–Crippen LogP) is 2.00. The molecule has 2 rings (SSSR count). The molecule has 0 saturated heterocycles. The topological polar surface area (TPSA) is 17.8 Å². The standard InChI is InChI=1S/C9H13ClN2/c10-5-6-12-7-11-8-3-1-2-4-9(8)12/h7H,1-6H2. The van der Waals surface area contributed by atoms with Crippen LogP contribution in [-0.4, -0.2) is 15.4 Å². The number of alkyl halides is 1. The Morgan fingerprint density at radius 2 is 2.25 bits per heavy atom. The minimum absolute atomic E-state index is 0.683. The molecule has 0 aromatic carbocycles. The van der Waals surface area contributed by atoms with Crippen LogP contribution in [0.15, 0.2) is 6.33 Å². The normalized spacial score (nSPS) is 16.1. The molecule has 12 heavy (non-hydrogen) atoms. The zero-order valence-electron chi connectivity index (χ0n) is 7.09. The van der Waals surface area contributed by atoms with Gasteiger partial charge in [-0.05, 0) is 25.7 Å². The number of rotatable bonds is 2. The van der Waals surface area contributed by atoms with E-state index < -0.39 is 0 Å². The maximum absolute atomic E-state index is 5.69. The molecule has 0 N–H and O–H groups in total. The maximum Gasteiger partial charge on any atom is 0.0952 e. The average Bonchev–Trinajstić information content (AvgIpc) is 2.50. The maximum atomic E-state index is 5.69. The molecule has 0 saturated carbocycles. The second kappa shape index (κ2) is 3.48. The summed E-state index contributed by atoms with van der Waals surface area (Å²) in [6.07, 6.45) is 6.88. The molecule has 0 amide bonds. The third kappa shape index (κ3) is 1.36. The Balaban J connectivity index is 2.25. The molecule has 3 heteroatoms. The molecule has 0 unspecified atom stereocenters. The zero-order chi connectivity index (χ0) is 8.39. The predicted molar refractivity (Wildman–Crippen MR) is 49.6 cm³/mol. The van der Waals surface area contributed by atoms with Gasteiger partial charge in [0, 0.05) is 18.1 Å². The molecular formula is C9H13ClN2. The smallest absolute Gasteiger partial charge is 0.0952 e. The van der Waals surface area contributed by atoms with Gasteiger partial charge in [-0.25, -0.2) is 4.98 Å². The van der Waals surface area contributed by atoms with E-state index in [-0.39, 0.29) is 0 Å². The molecule has 0 radical (unpaired) electrons. The van der Waals surface area contributed by atoms with E-state index >= 15 is 0 Å². The van der Waals surface area contributed by atoms with E-state index in [1.54, 1.807) is 0 Å². The highest BCUT2D eigenvalue weighted by atomic mass is 35.5. The minimum Gasteiger partial charge on any atom is -0.333 e. The summed E-state index contributed by atoms with van der Waals surface area (Å²) in [5.41, 5.74) is 2.72. The van der Waals surface area contributed by atoms with Crippen molar-refractivity contribution in [3.63, 3.8) is 0 Å². The molecule has 0 aliphatic heterocycles. The van der Waals surface area contributed by atoms with Gasteiger partial charge >= 0.3 is 0 Å². The first-order chi connectivity index (χ1) is 5.92. The highest BCUT2D eigenvalue weighted by Crippen LogP contribution is 2.19.